The molecule has 0 radical (unpaired) electrons. The van der Waals surface area contributed by atoms with Gasteiger partial charge in [0.1, 0.15) is 0 Å². The Hall–Kier alpha value is -0.790. The lowest BCUT2D eigenvalue weighted by atomic mass is 9.84. The number of carbonyl (C=O) groups excluding carboxylic acids is 1. The predicted octanol–water partition coefficient (Wildman–Crippen LogP) is 1.62. The quantitative estimate of drug-likeness (QED) is 0.437. The Balaban J connectivity index is 2.18. The number of hydrogen-bond donors (Lipinski definition) is 0. The summed E-state index contributed by atoms with van der Waals surface area (Å²) in [5.74, 6) is 1.66. The lowest BCUT2D eigenvalue weighted by Crippen LogP contribution is -2.26. The molecule has 1 fully saturated rings. The summed E-state index contributed by atoms with van der Waals surface area (Å²) in [7, 11) is 1.48. The lowest BCUT2D eigenvalue weighted by molar-refractivity contribution is -0.147. The topological polar surface area (TPSA) is 26.3 Å². The highest BCUT2D eigenvalue weighted by molar-refractivity contribution is 5.74. The number of methoxy groups -OCH3 is 1. The Labute approximate surface area is 72.6 Å². The Kier molecular flexibility index (Phi) is 1.71. The van der Waals surface area contributed by atoms with Crippen molar-refractivity contribution in [3.05, 3.63) is 12.2 Å². The largest absolute Gasteiger partial charge is 0.469 e. The molecule has 0 aliphatic heterocycles. The van der Waals surface area contributed by atoms with E-state index in [9.17, 15) is 4.79 Å². The van der Waals surface area contributed by atoms with Crippen molar-refractivity contribution in [3.63, 3.8) is 0 Å². The fourth-order valence-electron chi connectivity index (χ4n) is 2.59. The number of ether oxygens (including phenoxy) is 1. The van der Waals surface area contributed by atoms with E-state index in [1.54, 1.807) is 0 Å². The van der Waals surface area contributed by atoms with Gasteiger partial charge < -0.3 is 4.74 Å². The average Bonchev–Trinajstić information content (AvgIpc) is 2.63. The molecule has 1 saturated carbocycles. The van der Waals surface area contributed by atoms with Crippen molar-refractivity contribution in [2.75, 3.05) is 7.11 Å². The summed E-state index contributed by atoms with van der Waals surface area (Å²) >= 11 is 0. The molecule has 0 aromatic heterocycles. The van der Waals surface area contributed by atoms with Crippen LogP contribution in [0.25, 0.3) is 0 Å². The van der Waals surface area contributed by atoms with Crippen molar-refractivity contribution < 1.29 is 9.53 Å². The highest BCUT2D eigenvalue weighted by Crippen LogP contribution is 2.47. The van der Waals surface area contributed by atoms with Crippen LogP contribution in [-0.4, -0.2) is 13.1 Å². The van der Waals surface area contributed by atoms with E-state index in [-0.39, 0.29) is 11.9 Å². The highest BCUT2D eigenvalue weighted by Gasteiger charge is 2.46. The van der Waals surface area contributed by atoms with E-state index in [1.165, 1.54) is 7.11 Å². The molecule has 0 N–H and O–H groups in total. The molecule has 2 rings (SSSR count). The van der Waals surface area contributed by atoms with Crippen LogP contribution < -0.4 is 0 Å². The maximum Gasteiger partial charge on any atom is 0.309 e. The third kappa shape index (κ3) is 0.904. The van der Waals surface area contributed by atoms with Crippen LogP contribution >= 0.6 is 0 Å². The van der Waals surface area contributed by atoms with Crippen molar-refractivity contribution in [2.45, 2.75) is 13.3 Å². The van der Waals surface area contributed by atoms with Gasteiger partial charge in [-0.2, -0.15) is 0 Å². The first-order valence-corrected chi connectivity index (χ1v) is 4.50. The van der Waals surface area contributed by atoms with Gasteiger partial charge in [-0.1, -0.05) is 19.1 Å². The van der Waals surface area contributed by atoms with Crippen LogP contribution in [0.15, 0.2) is 12.2 Å². The van der Waals surface area contributed by atoms with E-state index in [0.717, 1.165) is 6.42 Å². The van der Waals surface area contributed by atoms with Crippen molar-refractivity contribution in [2.24, 2.45) is 23.7 Å². The average molecular weight is 166 g/mol. The second-order valence-electron chi connectivity index (χ2n) is 3.86. The Bertz CT molecular complexity index is 232. The summed E-state index contributed by atoms with van der Waals surface area (Å²) < 4.78 is 4.78. The van der Waals surface area contributed by atoms with Gasteiger partial charge in [0, 0.05) is 0 Å². The molecule has 0 saturated heterocycles. The monoisotopic (exact) mass is 166 g/mol. The Morgan fingerprint density at radius 3 is 2.58 bits per heavy atom. The minimum atomic E-state index is -0.0284. The van der Waals surface area contributed by atoms with E-state index < -0.39 is 0 Å². The van der Waals surface area contributed by atoms with Crippen LogP contribution in [0.4, 0.5) is 0 Å². The molecule has 0 aromatic carbocycles. The van der Waals surface area contributed by atoms with E-state index in [0.29, 0.717) is 17.8 Å². The summed E-state index contributed by atoms with van der Waals surface area (Å²) in [5.41, 5.74) is 0. The fourth-order valence-corrected chi connectivity index (χ4v) is 2.59. The SMILES string of the molecule is COC(=O)[C@@H]1[C@H](C)[C@H]2C=C[C@@H]1C2. The summed E-state index contributed by atoms with van der Waals surface area (Å²) in [5, 5.41) is 0. The maximum atomic E-state index is 11.4. The normalized spacial score (nSPS) is 43.5. The summed E-state index contributed by atoms with van der Waals surface area (Å²) in [6.07, 6.45) is 5.57. The zero-order valence-electron chi connectivity index (χ0n) is 7.49. The van der Waals surface area contributed by atoms with Gasteiger partial charge in [0.05, 0.1) is 13.0 Å². The lowest BCUT2D eigenvalue weighted by Gasteiger charge is -2.21. The number of esters is 1. The molecule has 0 spiro atoms. The van der Waals surface area contributed by atoms with Gasteiger partial charge >= 0.3 is 5.97 Å². The molecular formula is C10H14O2. The molecule has 2 heteroatoms. The van der Waals surface area contributed by atoms with Gasteiger partial charge in [0.15, 0.2) is 0 Å². The molecule has 0 amide bonds. The number of hydrogen-bond acceptors (Lipinski definition) is 2. The van der Waals surface area contributed by atoms with Gasteiger partial charge in [-0.3, -0.25) is 4.79 Å². The fraction of sp³-hybridized carbons (Fsp3) is 0.700. The number of fused-ring (bicyclic) bond motifs is 2. The van der Waals surface area contributed by atoms with E-state index in [2.05, 4.69) is 19.1 Å². The molecule has 4 atom stereocenters. The number of carbonyl (C=O) groups is 1. The standard InChI is InChI=1S/C10H14O2/c1-6-7-3-4-8(5-7)9(6)10(11)12-2/h3-4,6-9H,5H2,1-2H3/t6-,7+,8-,9-/m1/s1. The first-order valence-electron chi connectivity index (χ1n) is 4.50. The first-order chi connectivity index (χ1) is 5.74. The molecule has 2 aliphatic rings. The molecule has 0 aromatic rings. The smallest absolute Gasteiger partial charge is 0.309 e. The summed E-state index contributed by atoms with van der Waals surface area (Å²) in [6.45, 7) is 2.15. The van der Waals surface area contributed by atoms with Crippen LogP contribution in [0.5, 0.6) is 0 Å². The van der Waals surface area contributed by atoms with E-state index in [1.807, 2.05) is 0 Å². The van der Waals surface area contributed by atoms with Crippen LogP contribution in [0.3, 0.4) is 0 Å². The summed E-state index contributed by atoms with van der Waals surface area (Å²) in [6, 6.07) is 0. The van der Waals surface area contributed by atoms with Crippen LogP contribution in [0.2, 0.25) is 0 Å². The van der Waals surface area contributed by atoms with Gasteiger partial charge in [0.2, 0.25) is 0 Å². The molecule has 2 bridgehead atoms. The number of rotatable bonds is 1. The molecule has 12 heavy (non-hydrogen) atoms. The molecule has 0 heterocycles. The van der Waals surface area contributed by atoms with Gasteiger partial charge in [0.25, 0.3) is 0 Å². The zero-order chi connectivity index (χ0) is 8.72. The highest BCUT2D eigenvalue weighted by atomic mass is 16.5. The third-order valence-corrected chi connectivity index (χ3v) is 3.33. The Morgan fingerprint density at radius 2 is 2.08 bits per heavy atom. The van der Waals surface area contributed by atoms with Crippen LogP contribution in [-0.2, 0) is 9.53 Å². The predicted molar refractivity (Wildman–Crippen MR) is 45.4 cm³/mol. The van der Waals surface area contributed by atoms with E-state index >= 15 is 0 Å². The zero-order valence-corrected chi connectivity index (χ0v) is 7.49. The maximum absolute atomic E-state index is 11.4. The third-order valence-electron chi connectivity index (χ3n) is 3.33. The summed E-state index contributed by atoms with van der Waals surface area (Å²) in [4.78, 5) is 11.4. The van der Waals surface area contributed by atoms with Crippen molar-refractivity contribution in [3.8, 4) is 0 Å². The van der Waals surface area contributed by atoms with Crippen molar-refractivity contribution >= 4 is 5.97 Å². The van der Waals surface area contributed by atoms with Crippen LogP contribution in [0, 0.1) is 23.7 Å². The molecule has 0 unspecified atom stereocenters. The second kappa shape index (κ2) is 2.61. The minimum Gasteiger partial charge on any atom is -0.469 e. The first kappa shape index (κ1) is 7.84. The minimum absolute atomic E-state index is 0.0284. The van der Waals surface area contributed by atoms with Crippen LogP contribution in [0.1, 0.15) is 13.3 Å². The van der Waals surface area contributed by atoms with Gasteiger partial charge in [-0.05, 0) is 24.2 Å². The molecule has 66 valence electrons. The molecule has 2 aliphatic carbocycles. The molecule has 2 nitrogen and oxygen atoms in total. The number of allylic oxidation sites excluding steroid dienone is 2. The molecular weight excluding hydrogens is 152 g/mol. The van der Waals surface area contributed by atoms with E-state index in [4.69, 9.17) is 4.74 Å². The van der Waals surface area contributed by atoms with Gasteiger partial charge in [-0.15, -0.1) is 0 Å². The Morgan fingerprint density at radius 1 is 1.42 bits per heavy atom. The van der Waals surface area contributed by atoms with Crippen molar-refractivity contribution in [1.82, 2.24) is 0 Å². The second-order valence-corrected chi connectivity index (χ2v) is 3.86. The van der Waals surface area contributed by atoms with Crippen molar-refractivity contribution in [1.29, 1.82) is 0 Å². The van der Waals surface area contributed by atoms with Gasteiger partial charge in [-0.25, -0.2) is 0 Å².